The number of hydrogen-bond acceptors (Lipinski definition) is 13. The molecule has 3 N–H and O–H groups in total. The number of amides is 1. The number of carbonyl (C=O) groups is 3. The molecule has 282 valence electrons. The van der Waals surface area contributed by atoms with E-state index < -0.39 is 29.6 Å². The molecule has 0 spiro atoms. The molecule has 14 nitrogen and oxygen atoms in total. The highest BCUT2D eigenvalue weighted by atomic mass is 32.2. The first-order valence-corrected chi connectivity index (χ1v) is 18.2. The fourth-order valence-corrected chi connectivity index (χ4v) is 6.07. The van der Waals surface area contributed by atoms with Crippen LogP contribution in [0, 0.1) is 11.8 Å². The molecule has 0 unspecified atom stereocenters. The van der Waals surface area contributed by atoms with Crippen LogP contribution in [0.15, 0.2) is 71.3 Å². The third-order valence-electron chi connectivity index (χ3n) is 7.55. The average Bonchev–Trinajstić information content (AvgIpc) is 3.96. The number of aliphatic hydroxyl groups is 1. The van der Waals surface area contributed by atoms with Crippen molar-refractivity contribution in [2.24, 2.45) is 0 Å². The molecule has 0 saturated heterocycles. The maximum absolute atomic E-state index is 14.7. The number of carbonyl (C=O) groups excluding carboxylic acids is 3. The van der Waals surface area contributed by atoms with Crippen LogP contribution >= 0.6 is 23.4 Å². The van der Waals surface area contributed by atoms with Gasteiger partial charge < -0.3 is 24.4 Å². The number of thiazole rings is 1. The maximum atomic E-state index is 14.7. The highest BCUT2D eigenvalue weighted by Crippen LogP contribution is 2.34. The van der Waals surface area contributed by atoms with Gasteiger partial charge in [0.15, 0.2) is 12.5 Å². The van der Waals surface area contributed by atoms with Gasteiger partial charge in [0.05, 0.1) is 37.9 Å². The van der Waals surface area contributed by atoms with Crippen LogP contribution in [-0.4, -0.2) is 70.8 Å². The predicted molar refractivity (Wildman–Crippen MR) is 194 cm³/mol. The number of rotatable bonds is 11. The van der Waals surface area contributed by atoms with Crippen molar-refractivity contribution in [1.82, 2.24) is 29.5 Å². The standard InChI is InChI=1S/C27H27F2N7O5S.C6H6OS.C2H6O/c1-40-22(37)9-10-23(38)41-15-35-12-16(11-30-35)27-32-20(14-42-27)26(39)31-19-13-36(17-5-3-2-4-6-17)34-25(19)24-18(28)7-8-21(29)33-24;7-8-6-4-2-1-3-5-6;1-2-3/h7-8,11-14,17H,2-6,9-10,15H2,1H3,(H,31,39);1-5,7H;3H,2H2,1H3. The second-order valence-corrected chi connectivity index (χ2v) is 12.8. The van der Waals surface area contributed by atoms with E-state index >= 15 is 0 Å². The summed E-state index contributed by atoms with van der Waals surface area (Å²) in [6, 6.07) is 11.4. The highest BCUT2D eigenvalue weighted by Gasteiger charge is 2.24. The van der Waals surface area contributed by atoms with Crippen LogP contribution in [0.1, 0.15) is 68.4 Å². The number of benzene rings is 1. The second kappa shape index (κ2) is 20.9. The van der Waals surface area contributed by atoms with E-state index in [1.54, 1.807) is 29.4 Å². The number of aliphatic hydroxyl groups excluding tert-OH is 1. The zero-order valence-electron chi connectivity index (χ0n) is 29.0. The van der Waals surface area contributed by atoms with Gasteiger partial charge in [-0.05, 0) is 44.0 Å². The van der Waals surface area contributed by atoms with E-state index in [9.17, 15) is 23.2 Å². The van der Waals surface area contributed by atoms with Crippen molar-refractivity contribution in [3.63, 3.8) is 0 Å². The van der Waals surface area contributed by atoms with Crippen molar-refractivity contribution in [2.75, 3.05) is 19.0 Å². The molecule has 0 bridgehead atoms. The highest BCUT2D eigenvalue weighted by molar-refractivity contribution is 7.93. The Morgan fingerprint density at radius 2 is 1.72 bits per heavy atom. The van der Waals surface area contributed by atoms with Gasteiger partial charge in [-0.2, -0.15) is 14.6 Å². The number of nitrogens with one attached hydrogen (secondary N) is 1. The number of nitrogens with zero attached hydrogens (tertiary/aromatic N) is 6. The number of aromatic nitrogens is 6. The number of hydrogen-bond donors (Lipinski definition) is 3. The largest absolute Gasteiger partial charge is 0.469 e. The van der Waals surface area contributed by atoms with E-state index in [1.165, 1.54) is 29.3 Å². The number of anilines is 1. The van der Waals surface area contributed by atoms with Gasteiger partial charge in [0.25, 0.3) is 5.91 Å². The molecular weight excluding hydrogens is 733 g/mol. The Bertz CT molecular complexity index is 1930. The van der Waals surface area contributed by atoms with Crippen molar-refractivity contribution in [3.8, 4) is 22.0 Å². The monoisotopic (exact) mass is 771 g/mol. The summed E-state index contributed by atoms with van der Waals surface area (Å²) < 4.78 is 49.7. The van der Waals surface area contributed by atoms with Crippen LogP contribution in [0.5, 0.6) is 0 Å². The van der Waals surface area contributed by atoms with E-state index in [0.29, 0.717) is 10.6 Å². The fourth-order valence-electron chi connectivity index (χ4n) is 5.01. The molecule has 0 radical (unpaired) electrons. The molecule has 1 aliphatic carbocycles. The molecule has 5 aromatic rings. The molecule has 1 amide bonds. The van der Waals surface area contributed by atoms with Crippen LogP contribution < -0.4 is 5.32 Å². The van der Waals surface area contributed by atoms with E-state index in [0.717, 1.165) is 61.2 Å². The number of methoxy groups -OCH3 is 1. The predicted octanol–water partition coefficient (Wildman–Crippen LogP) is 7.01. The summed E-state index contributed by atoms with van der Waals surface area (Å²) in [6.45, 7) is 1.76. The smallest absolute Gasteiger partial charge is 0.308 e. The minimum absolute atomic E-state index is 0.0313. The number of pyridine rings is 1. The molecule has 53 heavy (non-hydrogen) atoms. The first-order chi connectivity index (χ1) is 25.6. The Morgan fingerprint density at radius 1 is 1.00 bits per heavy atom. The van der Waals surface area contributed by atoms with Gasteiger partial charge in [-0.1, -0.05) is 37.5 Å². The molecular formula is C35H39F2N7O7S2. The summed E-state index contributed by atoms with van der Waals surface area (Å²) in [5.41, 5.74) is 0.613. The van der Waals surface area contributed by atoms with Crippen LogP contribution in [0.3, 0.4) is 0 Å². The lowest BCUT2D eigenvalue weighted by Crippen LogP contribution is -2.14. The topological polar surface area (TPSA) is 184 Å². The minimum Gasteiger partial charge on any atom is -0.469 e. The van der Waals surface area contributed by atoms with Gasteiger partial charge in [0.2, 0.25) is 5.95 Å². The van der Waals surface area contributed by atoms with Gasteiger partial charge >= 0.3 is 11.9 Å². The van der Waals surface area contributed by atoms with Gasteiger partial charge in [0.1, 0.15) is 22.1 Å². The zero-order chi connectivity index (χ0) is 38.2. The molecule has 4 heterocycles. The van der Waals surface area contributed by atoms with Gasteiger partial charge in [-0.3, -0.25) is 19.1 Å². The van der Waals surface area contributed by atoms with Crippen molar-refractivity contribution in [3.05, 3.63) is 83.9 Å². The second-order valence-electron chi connectivity index (χ2n) is 11.3. The molecule has 6 rings (SSSR count). The zero-order valence-corrected chi connectivity index (χ0v) is 30.6. The molecule has 1 saturated carbocycles. The first kappa shape index (κ1) is 40.7. The molecule has 4 aromatic heterocycles. The van der Waals surface area contributed by atoms with Crippen molar-refractivity contribution in [2.45, 2.75) is 69.5 Å². The van der Waals surface area contributed by atoms with Gasteiger partial charge in [-0.25, -0.2) is 19.0 Å². The normalized spacial score (nSPS) is 12.5. The summed E-state index contributed by atoms with van der Waals surface area (Å²) in [4.78, 5) is 45.1. The summed E-state index contributed by atoms with van der Waals surface area (Å²) in [5.74, 6) is -3.28. The van der Waals surface area contributed by atoms with Crippen molar-refractivity contribution < 1.29 is 42.3 Å². The van der Waals surface area contributed by atoms with Gasteiger partial charge in [0, 0.05) is 46.9 Å². The Morgan fingerprint density at radius 3 is 2.40 bits per heavy atom. The summed E-state index contributed by atoms with van der Waals surface area (Å²) >= 11 is 1.97. The summed E-state index contributed by atoms with van der Waals surface area (Å²) in [7, 11) is 1.24. The van der Waals surface area contributed by atoms with E-state index in [4.69, 9.17) is 14.4 Å². The first-order valence-electron chi connectivity index (χ1n) is 16.6. The molecule has 1 fully saturated rings. The van der Waals surface area contributed by atoms with Gasteiger partial charge in [-0.15, -0.1) is 11.3 Å². The quantitative estimate of drug-likeness (QED) is 0.0711. The fraction of sp³-hybridized carbons (Fsp3) is 0.343. The van der Waals surface area contributed by atoms with E-state index in [-0.39, 0.29) is 55.0 Å². The molecule has 18 heteroatoms. The lowest BCUT2D eigenvalue weighted by molar-refractivity contribution is -0.151. The van der Waals surface area contributed by atoms with Crippen LogP contribution in [0.4, 0.5) is 14.5 Å². The summed E-state index contributed by atoms with van der Waals surface area (Å²) in [6.07, 6.45) is 9.50. The Balaban J connectivity index is 0.000000493. The molecule has 0 aliphatic heterocycles. The Labute approximate surface area is 312 Å². The Hall–Kier alpha value is -5.04. The minimum atomic E-state index is -0.864. The van der Waals surface area contributed by atoms with Crippen molar-refractivity contribution in [1.29, 1.82) is 0 Å². The molecule has 1 aromatic carbocycles. The maximum Gasteiger partial charge on any atom is 0.308 e. The van der Waals surface area contributed by atoms with Crippen molar-refractivity contribution >= 4 is 46.9 Å². The van der Waals surface area contributed by atoms with E-state index in [1.807, 2.05) is 30.3 Å². The third-order valence-corrected chi connectivity index (χ3v) is 8.92. The summed E-state index contributed by atoms with van der Waals surface area (Å²) in [5, 5.41) is 21.0. The van der Waals surface area contributed by atoms with E-state index in [2.05, 4.69) is 30.2 Å². The lowest BCUT2D eigenvalue weighted by atomic mass is 9.96. The lowest BCUT2D eigenvalue weighted by Gasteiger charge is -2.21. The number of ether oxygens (including phenoxy) is 2. The van der Waals surface area contributed by atoms with Crippen LogP contribution in [0.2, 0.25) is 0 Å². The number of esters is 2. The average molecular weight is 772 g/mol. The Kier molecular flexibility index (Phi) is 16.0. The molecule has 1 aliphatic rings. The third kappa shape index (κ3) is 12.3. The van der Waals surface area contributed by atoms with Crippen LogP contribution in [0.25, 0.3) is 22.0 Å². The molecule has 0 atom stereocenters. The number of halogens is 2. The van der Waals surface area contributed by atoms with Crippen LogP contribution in [-0.2, 0) is 25.8 Å². The SMILES string of the molecule is CCO.COC(=O)CCC(=O)OCn1cc(-c2nc(C(=O)Nc3cn(C4CCCCC4)nc3-c3nc(F)ccc3F)cs2)cn1.OSc1ccccc1.